The van der Waals surface area contributed by atoms with Crippen molar-refractivity contribution in [1.29, 1.82) is 0 Å². The molecule has 1 aromatic rings. The van der Waals surface area contributed by atoms with Gasteiger partial charge in [0.1, 0.15) is 0 Å². The molecule has 2 rings (SSSR count). The number of rotatable bonds is 5. The summed E-state index contributed by atoms with van der Waals surface area (Å²) in [6, 6.07) is 10.5. The van der Waals surface area contributed by atoms with Crippen LogP contribution < -0.4 is 5.73 Å². The first-order valence-electron chi connectivity index (χ1n) is 5.79. The molecule has 0 amide bonds. The van der Waals surface area contributed by atoms with Crippen LogP contribution in [0.3, 0.4) is 0 Å². The summed E-state index contributed by atoms with van der Waals surface area (Å²) >= 11 is 0. The fourth-order valence-electron chi connectivity index (χ4n) is 1.88. The lowest BCUT2D eigenvalue weighted by Gasteiger charge is -2.21. The molecule has 0 radical (unpaired) electrons. The Bertz CT molecular complexity index is 345. The molecule has 18 heavy (non-hydrogen) atoms. The van der Waals surface area contributed by atoms with Crippen molar-refractivity contribution in [3.8, 4) is 0 Å². The SMILES string of the molecule is Br.Cl.NCCCN1C=CN(Cc2ccccc2)C1. The van der Waals surface area contributed by atoms with Gasteiger partial charge in [0.05, 0.1) is 6.67 Å². The lowest BCUT2D eigenvalue weighted by atomic mass is 10.2. The number of halogens is 2. The molecule has 102 valence electrons. The van der Waals surface area contributed by atoms with E-state index in [1.165, 1.54) is 5.56 Å². The average Bonchev–Trinajstić information content (AvgIpc) is 2.75. The molecule has 1 heterocycles. The molecule has 0 saturated carbocycles. The zero-order valence-electron chi connectivity index (χ0n) is 10.4. The average molecular weight is 335 g/mol. The second kappa shape index (κ2) is 9.25. The Labute approximate surface area is 126 Å². The first-order valence-corrected chi connectivity index (χ1v) is 5.79. The van der Waals surface area contributed by atoms with Crippen LogP contribution >= 0.6 is 29.4 Å². The first kappa shape index (κ1) is 17.3. The van der Waals surface area contributed by atoms with Gasteiger partial charge in [-0.05, 0) is 18.5 Å². The van der Waals surface area contributed by atoms with Crippen LogP contribution in [0, 0.1) is 0 Å². The zero-order chi connectivity index (χ0) is 11.2. The van der Waals surface area contributed by atoms with Gasteiger partial charge in [0, 0.05) is 25.5 Å². The predicted molar refractivity (Wildman–Crippen MR) is 83.9 cm³/mol. The monoisotopic (exact) mass is 333 g/mol. The van der Waals surface area contributed by atoms with Gasteiger partial charge in [-0.15, -0.1) is 29.4 Å². The zero-order valence-corrected chi connectivity index (χ0v) is 12.9. The highest BCUT2D eigenvalue weighted by molar-refractivity contribution is 8.93. The number of nitrogens with two attached hydrogens (primary N) is 1. The van der Waals surface area contributed by atoms with E-state index >= 15 is 0 Å². The molecule has 2 N–H and O–H groups in total. The minimum atomic E-state index is 0. The van der Waals surface area contributed by atoms with Crippen molar-refractivity contribution in [2.75, 3.05) is 19.8 Å². The molecule has 0 unspecified atom stereocenters. The normalized spacial score (nSPS) is 13.2. The predicted octanol–water partition coefficient (Wildman–Crippen LogP) is 2.58. The van der Waals surface area contributed by atoms with E-state index in [1.807, 2.05) is 0 Å². The van der Waals surface area contributed by atoms with Gasteiger partial charge in [-0.1, -0.05) is 30.3 Å². The van der Waals surface area contributed by atoms with E-state index in [-0.39, 0.29) is 29.4 Å². The number of hydrogen-bond acceptors (Lipinski definition) is 3. The lowest BCUT2D eigenvalue weighted by Crippen LogP contribution is -2.26. The molecular weight excluding hydrogens is 314 g/mol. The Hall–Kier alpha value is -0.710. The maximum absolute atomic E-state index is 5.50. The Balaban J connectivity index is 0.00000144. The third-order valence-electron chi connectivity index (χ3n) is 2.73. The molecule has 5 heteroatoms. The summed E-state index contributed by atoms with van der Waals surface area (Å²) in [5.41, 5.74) is 6.85. The second-order valence-corrected chi connectivity index (χ2v) is 4.13. The maximum atomic E-state index is 5.50. The van der Waals surface area contributed by atoms with Gasteiger partial charge in [0.25, 0.3) is 0 Å². The summed E-state index contributed by atoms with van der Waals surface area (Å²) in [7, 11) is 0. The van der Waals surface area contributed by atoms with Gasteiger partial charge in [-0.3, -0.25) is 0 Å². The standard InChI is InChI=1S/C13H19N3.BrH.ClH/c14-7-4-8-15-9-10-16(12-15)11-13-5-2-1-3-6-13;;/h1-3,5-6,9-10H,4,7-8,11-12,14H2;2*1H. The highest BCUT2D eigenvalue weighted by atomic mass is 79.9. The summed E-state index contributed by atoms with van der Waals surface area (Å²) in [6.07, 6.45) is 5.37. The van der Waals surface area contributed by atoms with E-state index in [1.54, 1.807) is 0 Å². The highest BCUT2D eigenvalue weighted by Crippen LogP contribution is 2.11. The van der Waals surface area contributed by atoms with Gasteiger partial charge >= 0.3 is 0 Å². The van der Waals surface area contributed by atoms with E-state index < -0.39 is 0 Å². The van der Waals surface area contributed by atoms with Crippen LogP contribution in [0.15, 0.2) is 42.7 Å². The molecule has 0 spiro atoms. The van der Waals surface area contributed by atoms with E-state index in [4.69, 9.17) is 5.73 Å². The van der Waals surface area contributed by atoms with E-state index in [0.29, 0.717) is 0 Å². The van der Waals surface area contributed by atoms with Crippen LogP contribution in [0.2, 0.25) is 0 Å². The summed E-state index contributed by atoms with van der Waals surface area (Å²) in [5.74, 6) is 0. The fraction of sp³-hybridized carbons (Fsp3) is 0.385. The third kappa shape index (κ3) is 5.29. The molecule has 1 aliphatic rings. The number of nitrogens with zero attached hydrogens (tertiary/aromatic N) is 2. The van der Waals surface area contributed by atoms with Crippen LogP contribution in [-0.2, 0) is 6.54 Å². The molecule has 0 saturated heterocycles. The van der Waals surface area contributed by atoms with Crippen LogP contribution in [0.1, 0.15) is 12.0 Å². The summed E-state index contributed by atoms with van der Waals surface area (Å²) in [4.78, 5) is 4.61. The second-order valence-electron chi connectivity index (χ2n) is 4.13. The third-order valence-corrected chi connectivity index (χ3v) is 2.73. The van der Waals surface area contributed by atoms with Gasteiger partial charge in [0.2, 0.25) is 0 Å². The maximum Gasteiger partial charge on any atom is 0.0897 e. The highest BCUT2D eigenvalue weighted by Gasteiger charge is 2.11. The number of benzene rings is 1. The van der Waals surface area contributed by atoms with Crippen LogP contribution in [0.4, 0.5) is 0 Å². The van der Waals surface area contributed by atoms with Crippen molar-refractivity contribution in [3.05, 3.63) is 48.3 Å². The molecule has 0 bridgehead atoms. The van der Waals surface area contributed by atoms with Crippen LogP contribution in [0.25, 0.3) is 0 Å². The fourth-order valence-corrected chi connectivity index (χ4v) is 1.88. The first-order chi connectivity index (χ1) is 7.88. The molecule has 0 fully saturated rings. The van der Waals surface area contributed by atoms with Gasteiger partial charge in [-0.25, -0.2) is 0 Å². The minimum absolute atomic E-state index is 0. The van der Waals surface area contributed by atoms with E-state index in [9.17, 15) is 0 Å². The molecule has 0 aromatic heterocycles. The molecule has 0 atom stereocenters. The molecular formula is C13H21BrClN3. The molecule has 3 nitrogen and oxygen atoms in total. The van der Waals surface area contributed by atoms with Gasteiger partial charge < -0.3 is 15.5 Å². The van der Waals surface area contributed by atoms with Crippen molar-refractivity contribution in [1.82, 2.24) is 9.80 Å². The molecule has 1 aliphatic heterocycles. The Morgan fingerprint density at radius 3 is 2.39 bits per heavy atom. The number of hydrogen-bond donors (Lipinski definition) is 1. The molecule has 0 aliphatic carbocycles. The smallest absolute Gasteiger partial charge is 0.0897 e. The molecule has 1 aromatic carbocycles. The van der Waals surface area contributed by atoms with E-state index in [2.05, 4.69) is 52.5 Å². The Morgan fingerprint density at radius 2 is 1.72 bits per heavy atom. The quantitative estimate of drug-likeness (QED) is 0.898. The van der Waals surface area contributed by atoms with Crippen LogP contribution in [-0.4, -0.2) is 29.6 Å². The van der Waals surface area contributed by atoms with Crippen molar-refractivity contribution in [3.63, 3.8) is 0 Å². The minimum Gasteiger partial charge on any atom is -0.359 e. The van der Waals surface area contributed by atoms with E-state index in [0.717, 1.165) is 32.7 Å². The van der Waals surface area contributed by atoms with Crippen molar-refractivity contribution in [2.24, 2.45) is 5.73 Å². The summed E-state index contributed by atoms with van der Waals surface area (Å²) < 4.78 is 0. The lowest BCUT2D eigenvalue weighted by molar-refractivity contribution is 0.259. The van der Waals surface area contributed by atoms with Gasteiger partial charge in [0.15, 0.2) is 0 Å². The Morgan fingerprint density at radius 1 is 1.06 bits per heavy atom. The Kier molecular flexibility index (Phi) is 8.89. The largest absolute Gasteiger partial charge is 0.359 e. The van der Waals surface area contributed by atoms with Gasteiger partial charge in [-0.2, -0.15) is 0 Å². The van der Waals surface area contributed by atoms with Crippen molar-refractivity contribution >= 4 is 29.4 Å². The summed E-state index contributed by atoms with van der Waals surface area (Å²) in [5, 5.41) is 0. The van der Waals surface area contributed by atoms with Crippen molar-refractivity contribution < 1.29 is 0 Å². The van der Waals surface area contributed by atoms with Crippen molar-refractivity contribution in [2.45, 2.75) is 13.0 Å². The topological polar surface area (TPSA) is 32.5 Å². The van der Waals surface area contributed by atoms with Crippen LogP contribution in [0.5, 0.6) is 0 Å². The summed E-state index contributed by atoms with van der Waals surface area (Å²) in [6.45, 7) is 3.78.